The highest BCUT2D eigenvalue weighted by Gasteiger charge is 2.32. The summed E-state index contributed by atoms with van der Waals surface area (Å²) in [5.41, 5.74) is 3.64. The van der Waals surface area contributed by atoms with Crippen molar-refractivity contribution >= 4 is 5.91 Å². The molecule has 9 heteroatoms. The quantitative estimate of drug-likeness (QED) is 0.601. The van der Waals surface area contributed by atoms with Gasteiger partial charge in [-0.15, -0.1) is 0 Å². The molecule has 0 saturated carbocycles. The van der Waals surface area contributed by atoms with E-state index < -0.39 is 0 Å². The number of fused-ring (bicyclic) bond motifs is 1. The summed E-state index contributed by atoms with van der Waals surface area (Å²) in [6, 6.07) is 9.83. The highest BCUT2D eigenvalue weighted by Crippen LogP contribution is 2.33. The Kier molecular flexibility index (Phi) is 5.52. The smallest absolute Gasteiger partial charge is 0.278 e. The van der Waals surface area contributed by atoms with Crippen LogP contribution in [-0.2, 0) is 41.0 Å². The molecule has 0 N–H and O–H groups in total. The highest BCUT2D eigenvalue weighted by molar-refractivity contribution is 5.78. The molecule has 5 rings (SSSR count). The van der Waals surface area contributed by atoms with Crippen LogP contribution >= 0.6 is 0 Å². The van der Waals surface area contributed by atoms with Gasteiger partial charge in [0.2, 0.25) is 5.91 Å². The molecule has 0 spiro atoms. The monoisotopic (exact) mass is 423 g/mol. The molecule has 9 nitrogen and oxygen atoms in total. The number of ether oxygens (including phenoxy) is 2. The third-order valence-corrected chi connectivity index (χ3v) is 5.88. The molecule has 4 heterocycles. The number of hydrogen-bond donors (Lipinski definition) is 0. The van der Waals surface area contributed by atoms with Crippen LogP contribution in [0.5, 0.6) is 0 Å². The van der Waals surface area contributed by atoms with E-state index in [1.807, 2.05) is 37.4 Å². The largest absolute Gasteiger partial charge is 0.381 e. The molecule has 0 atom stereocenters. The molecular formula is C22H25N5O4. The fourth-order valence-corrected chi connectivity index (χ4v) is 4.12. The molecule has 1 saturated heterocycles. The molecular weight excluding hydrogens is 398 g/mol. The lowest BCUT2D eigenvalue weighted by Gasteiger charge is -2.18. The molecule has 2 aliphatic heterocycles. The van der Waals surface area contributed by atoms with Gasteiger partial charge < -0.3 is 18.9 Å². The second kappa shape index (κ2) is 8.60. The number of carbonyl (C=O) groups excluding carboxylic acids is 1. The van der Waals surface area contributed by atoms with Crippen molar-refractivity contribution in [1.29, 1.82) is 0 Å². The van der Waals surface area contributed by atoms with Crippen molar-refractivity contribution in [2.24, 2.45) is 7.05 Å². The van der Waals surface area contributed by atoms with Crippen molar-refractivity contribution in [3.8, 4) is 11.6 Å². The van der Waals surface area contributed by atoms with E-state index in [1.54, 1.807) is 9.58 Å². The predicted molar refractivity (Wildman–Crippen MR) is 110 cm³/mol. The lowest BCUT2D eigenvalue weighted by atomic mass is 10.00. The molecule has 1 fully saturated rings. The van der Waals surface area contributed by atoms with Crippen LogP contribution in [0.4, 0.5) is 0 Å². The summed E-state index contributed by atoms with van der Waals surface area (Å²) in [6.45, 7) is 2.85. The van der Waals surface area contributed by atoms with Crippen molar-refractivity contribution in [3.63, 3.8) is 0 Å². The summed E-state index contributed by atoms with van der Waals surface area (Å²) < 4.78 is 18.4. The van der Waals surface area contributed by atoms with Crippen molar-refractivity contribution in [3.05, 3.63) is 53.0 Å². The average molecular weight is 423 g/mol. The minimum Gasteiger partial charge on any atom is -0.381 e. The van der Waals surface area contributed by atoms with Crippen LogP contribution in [0.25, 0.3) is 11.6 Å². The normalized spacial score (nSPS) is 16.6. The van der Waals surface area contributed by atoms with Gasteiger partial charge in [0, 0.05) is 31.7 Å². The van der Waals surface area contributed by atoms with Gasteiger partial charge in [0.1, 0.15) is 6.61 Å². The van der Waals surface area contributed by atoms with Crippen LogP contribution in [0.1, 0.15) is 41.4 Å². The molecule has 31 heavy (non-hydrogen) atoms. The molecule has 0 bridgehead atoms. The second-order valence-corrected chi connectivity index (χ2v) is 7.97. The third kappa shape index (κ3) is 4.11. The number of rotatable bonds is 6. The summed E-state index contributed by atoms with van der Waals surface area (Å²) in [5.74, 6) is 1.32. The van der Waals surface area contributed by atoms with E-state index in [4.69, 9.17) is 14.0 Å². The molecule has 3 aromatic rings. The molecule has 2 aromatic heterocycles. The fourth-order valence-electron chi connectivity index (χ4n) is 4.12. The lowest BCUT2D eigenvalue weighted by molar-refractivity contribution is -0.137. The maximum Gasteiger partial charge on any atom is 0.278 e. The average Bonchev–Trinajstić information content (AvgIpc) is 3.52. The number of carbonyl (C=O) groups is 1. The zero-order valence-corrected chi connectivity index (χ0v) is 17.5. The number of hydrogen-bond acceptors (Lipinski definition) is 7. The summed E-state index contributed by atoms with van der Waals surface area (Å²) in [5, 5.41) is 8.77. The van der Waals surface area contributed by atoms with Gasteiger partial charge in [0.15, 0.2) is 11.5 Å². The molecule has 0 aliphatic carbocycles. The van der Waals surface area contributed by atoms with Crippen LogP contribution in [0, 0.1) is 0 Å². The van der Waals surface area contributed by atoms with Gasteiger partial charge in [-0.05, 0) is 18.4 Å². The first-order chi connectivity index (χ1) is 15.2. The number of aromatic nitrogens is 4. The van der Waals surface area contributed by atoms with Gasteiger partial charge in [-0.2, -0.15) is 10.1 Å². The Morgan fingerprint density at radius 1 is 1.19 bits per heavy atom. The van der Waals surface area contributed by atoms with E-state index in [0.717, 1.165) is 42.9 Å². The summed E-state index contributed by atoms with van der Waals surface area (Å²) in [4.78, 5) is 19.1. The SMILES string of the molecule is Cn1nc(-c2nc(C3CCOCC3)no2)c2c1CN(C(=O)COCc1ccccc1)C2. The molecule has 162 valence electrons. The van der Waals surface area contributed by atoms with E-state index in [0.29, 0.717) is 37.1 Å². The van der Waals surface area contributed by atoms with Crippen LogP contribution in [0.2, 0.25) is 0 Å². The fraction of sp³-hybridized carbons (Fsp3) is 0.455. The summed E-state index contributed by atoms with van der Waals surface area (Å²) >= 11 is 0. The summed E-state index contributed by atoms with van der Waals surface area (Å²) in [7, 11) is 1.87. The number of nitrogens with zero attached hydrogens (tertiary/aromatic N) is 5. The Balaban J connectivity index is 1.24. The van der Waals surface area contributed by atoms with E-state index in [2.05, 4.69) is 15.2 Å². The van der Waals surface area contributed by atoms with Crippen LogP contribution in [0.3, 0.4) is 0 Å². The highest BCUT2D eigenvalue weighted by atomic mass is 16.5. The van der Waals surface area contributed by atoms with Gasteiger partial charge in [-0.1, -0.05) is 35.5 Å². The minimum atomic E-state index is -0.0495. The second-order valence-electron chi connectivity index (χ2n) is 7.97. The van der Waals surface area contributed by atoms with E-state index >= 15 is 0 Å². The Morgan fingerprint density at radius 3 is 2.81 bits per heavy atom. The number of amides is 1. The maximum absolute atomic E-state index is 12.7. The third-order valence-electron chi connectivity index (χ3n) is 5.88. The van der Waals surface area contributed by atoms with Crippen LogP contribution in [0.15, 0.2) is 34.9 Å². The molecule has 0 unspecified atom stereocenters. The van der Waals surface area contributed by atoms with Gasteiger partial charge in [-0.25, -0.2) is 0 Å². The predicted octanol–water partition coefficient (Wildman–Crippen LogP) is 2.42. The Labute approximate surface area is 179 Å². The van der Waals surface area contributed by atoms with Gasteiger partial charge in [0.05, 0.1) is 25.4 Å². The first-order valence-electron chi connectivity index (χ1n) is 10.5. The molecule has 2 aliphatic rings. The number of aryl methyl sites for hydroxylation is 1. The van der Waals surface area contributed by atoms with Crippen molar-refractivity contribution in [2.45, 2.75) is 38.5 Å². The Morgan fingerprint density at radius 2 is 2.00 bits per heavy atom. The van der Waals surface area contributed by atoms with Crippen LogP contribution < -0.4 is 0 Å². The maximum atomic E-state index is 12.7. The molecule has 1 aromatic carbocycles. The summed E-state index contributed by atoms with van der Waals surface area (Å²) in [6.07, 6.45) is 1.79. The minimum absolute atomic E-state index is 0.0418. The topological polar surface area (TPSA) is 95.5 Å². The van der Waals surface area contributed by atoms with Crippen molar-refractivity contribution in [2.75, 3.05) is 19.8 Å². The molecule has 0 radical (unpaired) electrons. The van der Waals surface area contributed by atoms with Crippen molar-refractivity contribution in [1.82, 2.24) is 24.8 Å². The van der Waals surface area contributed by atoms with Gasteiger partial charge >= 0.3 is 0 Å². The Hall–Kier alpha value is -3.04. The first-order valence-corrected chi connectivity index (χ1v) is 10.5. The van der Waals surface area contributed by atoms with Gasteiger partial charge in [0.25, 0.3) is 5.89 Å². The zero-order chi connectivity index (χ0) is 21.2. The zero-order valence-electron chi connectivity index (χ0n) is 17.5. The number of benzene rings is 1. The van der Waals surface area contributed by atoms with Crippen LogP contribution in [-0.4, -0.2) is 50.5 Å². The van der Waals surface area contributed by atoms with E-state index in [-0.39, 0.29) is 18.4 Å². The Bertz CT molecular complexity index is 1060. The van der Waals surface area contributed by atoms with Gasteiger partial charge in [-0.3, -0.25) is 9.48 Å². The lowest BCUT2D eigenvalue weighted by Crippen LogP contribution is -2.29. The first kappa shape index (κ1) is 19.9. The van der Waals surface area contributed by atoms with Crippen molar-refractivity contribution < 1.29 is 18.8 Å². The standard InChI is InChI=1S/C22H25N5O4/c1-26-18-12-27(19(28)14-30-13-15-5-3-2-4-6-15)11-17(18)20(24-26)22-23-21(25-31-22)16-7-9-29-10-8-16/h2-6,16H,7-14H2,1H3. The molecule has 1 amide bonds. The van der Waals surface area contributed by atoms with E-state index in [1.165, 1.54) is 0 Å². The van der Waals surface area contributed by atoms with E-state index in [9.17, 15) is 4.79 Å².